The molecule has 1 N–H and O–H groups in total. The number of fused-ring (bicyclic) bond motifs is 8. The Morgan fingerprint density at radius 2 is 1.37 bits per heavy atom. The lowest BCUT2D eigenvalue weighted by atomic mass is 9.83. The molecule has 3 heteroatoms. The third kappa shape index (κ3) is 3.35. The maximum Gasteiger partial charge on any atom is 0.136 e. The molecular formula is C35H31NO2. The highest BCUT2D eigenvalue weighted by Crippen LogP contribution is 2.41. The summed E-state index contributed by atoms with van der Waals surface area (Å²) < 4.78 is 12.9. The third-order valence-electron chi connectivity index (χ3n) is 8.47. The average Bonchev–Trinajstić information content (AvgIpc) is 3.48. The van der Waals surface area contributed by atoms with Crippen LogP contribution in [0.1, 0.15) is 43.4 Å². The smallest absolute Gasteiger partial charge is 0.136 e. The van der Waals surface area contributed by atoms with E-state index in [1.54, 1.807) is 0 Å². The minimum Gasteiger partial charge on any atom is -0.456 e. The Morgan fingerprint density at radius 3 is 2.18 bits per heavy atom. The van der Waals surface area contributed by atoms with Crippen LogP contribution >= 0.6 is 0 Å². The zero-order valence-corrected chi connectivity index (χ0v) is 22.3. The van der Waals surface area contributed by atoms with Gasteiger partial charge in [-0.05, 0) is 78.9 Å². The molecule has 0 aliphatic carbocycles. The van der Waals surface area contributed by atoms with E-state index in [-0.39, 0.29) is 5.54 Å². The molecular weight excluding hydrogens is 466 g/mol. The Labute approximate surface area is 222 Å². The molecule has 2 heterocycles. The van der Waals surface area contributed by atoms with Crippen molar-refractivity contribution in [2.24, 2.45) is 0 Å². The van der Waals surface area contributed by atoms with E-state index in [9.17, 15) is 0 Å². The molecule has 0 unspecified atom stereocenters. The van der Waals surface area contributed by atoms with Gasteiger partial charge in [0.15, 0.2) is 0 Å². The van der Waals surface area contributed by atoms with Crippen LogP contribution in [0.15, 0.2) is 93.8 Å². The summed E-state index contributed by atoms with van der Waals surface area (Å²) in [7, 11) is 0. The van der Waals surface area contributed by atoms with Crippen LogP contribution in [0.2, 0.25) is 0 Å². The van der Waals surface area contributed by atoms with Crippen LogP contribution in [0.3, 0.4) is 0 Å². The van der Waals surface area contributed by atoms with Crippen molar-refractivity contribution in [1.82, 2.24) is 0 Å². The van der Waals surface area contributed by atoms with Gasteiger partial charge in [-0.1, -0.05) is 74.0 Å². The molecule has 0 aliphatic heterocycles. The van der Waals surface area contributed by atoms with Gasteiger partial charge in [0.25, 0.3) is 0 Å². The van der Waals surface area contributed by atoms with E-state index in [1.807, 2.05) is 0 Å². The van der Waals surface area contributed by atoms with Gasteiger partial charge in [-0.15, -0.1) is 0 Å². The standard InChI is InChI=1S/C35H31NO2/c1-5-35(6-2,36-29-15-11-21(3)17-22(29)4)24-13-14-26-27-19-33-28(20-32(27)38-31(26)18-24)34-25-10-8-7-9-23(25)12-16-30(34)37-33/h7-20,36H,5-6H2,1-4H3. The number of aryl methyl sites for hydroxylation is 2. The predicted molar refractivity (Wildman–Crippen MR) is 160 cm³/mol. The van der Waals surface area contributed by atoms with Crippen LogP contribution in [-0.4, -0.2) is 0 Å². The number of hydrogen-bond donors (Lipinski definition) is 1. The molecule has 0 bridgehead atoms. The first-order chi connectivity index (χ1) is 18.5. The van der Waals surface area contributed by atoms with Crippen molar-refractivity contribution >= 4 is 60.3 Å². The van der Waals surface area contributed by atoms with Crippen molar-refractivity contribution in [2.45, 2.75) is 46.1 Å². The lowest BCUT2D eigenvalue weighted by Crippen LogP contribution is -2.34. The number of hydrogen-bond acceptors (Lipinski definition) is 3. The van der Waals surface area contributed by atoms with E-state index in [2.05, 4.69) is 118 Å². The molecule has 3 nitrogen and oxygen atoms in total. The summed E-state index contributed by atoms with van der Waals surface area (Å²) in [5.41, 5.74) is 8.39. The van der Waals surface area contributed by atoms with Crippen molar-refractivity contribution in [3.8, 4) is 0 Å². The van der Waals surface area contributed by atoms with Gasteiger partial charge in [-0.3, -0.25) is 0 Å². The summed E-state index contributed by atoms with van der Waals surface area (Å²) in [6.45, 7) is 8.83. The Hall–Kier alpha value is -4.24. The van der Waals surface area contributed by atoms with Gasteiger partial charge in [0.05, 0.1) is 5.54 Å². The number of benzene rings is 5. The lowest BCUT2D eigenvalue weighted by molar-refractivity contribution is 0.454. The third-order valence-corrected chi connectivity index (χ3v) is 8.47. The van der Waals surface area contributed by atoms with Crippen molar-refractivity contribution < 1.29 is 8.83 Å². The minimum absolute atomic E-state index is 0.185. The molecule has 0 atom stereocenters. The van der Waals surface area contributed by atoms with Gasteiger partial charge in [-0.25, -0.2) is 0 Å². The quantitative estimate of drug-likeness (QED) is 0.257. The first-order valence-electron chi connectivity index (χ1n) is 13.6. The highest BCUT2D eigenvalue weighted by molar-refractivity contribution is 6.22. The van der Waals surface area contributed by atoms with Crippen LogP contribution in [0.25, 0.3) is 54.6 Å². The highest BCUT2D eigenvalue weighted by atomic mass is 16.3. The van der Waals surface area contributed by atoms with Crippen LogP contribution in [0.5, 0.6) is 0 Å². The van der Waals surface area contributed by atoms with Crippen molar-refractivity contribution in [3.05, 3.63) is 102 Å². The topological polar surface area (TPSA) is 38.3 Å². The largest absolute Gasteiger partial charge is 0.456 e. The first kappa shape index (κ1) is 22.9. The van der Waals surface area contributed by atoms with E-state index < -0.39 is 0 Å². The van der Waals surface area contributed by atoms with Crippen molar-refractivity contribution in [2.75, 3.05) is 5.32 Å². The van der Waals surface area contributed by atoms with Crippen LogP contribution in [-0.2, 0) is 5.54 Å². The molecule has 0 aliphatic rings. The van der Waals surface area contributed by atoms with Crippen LogP contribution in [0.4, 0.5) is 5.69 Å². The molecule has 2 aromatic heterocycles. The summed E-state index contributed by atoms with van der Waals surface area (Å²) >= 11 is 0. The molecule has 38 heavy (non-hydrogen) atoms. The van der Waals surface area contributed by atoms with Crippen molar-refractivity contribution in [1.29, 1.82) is 0 Å². The summed E-state index contributed by atoms with van der Waals surface area (Å²) in [5, 5.41) is 10.8. The van der Waals surface area contributed by atoms with Gasteiger partial charge < -0.3 is 14.2 Å². The number of anilines is 1. The van der Waals surface area contributed by atoms with Gasteiger partial charge in [0.1, 0.15) is 22.3 Å². The van der Waals surface area contributed by atoms with Crippen molar-refractivity contribution in [3.63, 3.8) is 0 Å². The average molecular weight is 498 g/mol. The SMILES string of the molecule is CCC(CC)(Nc1ccc(C)cc1C)c1ccc2c(c1)oc1cc3c(cc12)oc1ccc2ccccc2c13. The fraction of sp³-hybridized carbons (Fsp3) is 0.200. The molecule has 0 amide bonds. The first-order valence-corrected chi connectivity index (χ1v) is 13.6. The number of rotatable bonds is 5. The molecule has 7 rings (SSSR count). The zero-order chi connectivity index (χ0) is 26.0. The maximum atomic E-state index is 6.54. The Morgan fingerprint density at radius 1 is 0.632 bits per heavy atom. The van der Waals surface area contributed by atoms with E-state index in [1.165, 1.54) is 33.2 Å². The van der Waals surface area contributed by atoms with Gasteiger partial charge >= 0.3 is 0 Å². The van der Waals surface area contributed by atoms with E-state index in [0.717, 1.165) is 56.7 Å². The monoisotopic (exact) mass is 497 g/mol. The second-order valence-corrected chi connectivity index (χ2v) is 10.7. The molecule has 0 radical (unpaired) electrons. The highest BCUT2D eigenvalue weighted by Gasteiger charge is 2.29. The summed E-state index contributed by atoms with van der Waals surface area (Å²) in [4.78, 5) is 0. The van der Waals surface area contributed by atoms with E-state index in [4.69, 9.17) is 8.83 Å². The fourth-order valence-corrected chi connectivity index (χ4v) is 6.23. The van der Waals surface area contributed by atoms with Gasteiger partial charge in [0.2, 0.25) is 0 Å². The number of nitrogens with one attached hydrogen (secondary N) is 1. The van der Waals surface area contributed by atoms with Gasteiger partial charge in [-0.2, -0.15) is 0 Å². The van der Waals surface area contributed by atoms with Crippen LogP contribution < -0.4 is 5.32 Å². The molecule has 5 aromatic carbocycles. The fourth-order valence-electron chi connectivity index (χ4n) is 6.23. The van der Waals surface area contributed by atoms with E-state index >= 15 is 0 Å². The summed E-state index contributed by atoms with van der Waals surface area (Å²) in [6, 6.07) is 30.3. The predicted octanol–water partition coefficient (Wildman–Crippen LogP) is 10.4. The Bertz CT molecular complexity index is 2000. The van der Waals surface area contributed by atoms with Gasteiger partial charge in [0, 0.05) is 27.2 Å². The normalized spacial score (nSPS) is 12.4. The molecule has 0 saturated heterocycles. The molecule has 0 saturated carbocycles. The summed E-state index contributed by atoms with van der Waals surface area (Å²) in [5.74, 6) is 0. The molecule has 7 aromatic rings. The second kappa shape index (κ2) is 8.39. The van der Waals surface area contributed by atoms with Crippen LogP contribution in [0, 0.1) is 13.8 Å². The molecule has 0 fully saturated rings. The Kier molecular flexibility index (Phi) is 5.06. The second-order valence-electron chi connectivity index (χ2n) is 10.7. The number of furan rings is 2. The lowest BCUT2D eigenvalue weighted by Gasteiger charge is -2.35. The molecule has 188 valence electrons. The maximum absolute atomic E-state index is 6.54. The summed E-state index contributed by atoms with van der Waals surface area (Å²) in [6.07, 6.45) is 1.93. The zero-order valence-electron chi connectivity index (χ0n) is 22.3. The van der Waals surface area contributed by atoms with E-state index in [0.29, 0.717) is 0 Å². The molecule has 0 spiro atoms. The minimum atomic E-state index is -0.185. The Balaban J connectivity index is 1.39.